The molecule has 1 N–H and O–H groups in total. The maximum atomic E-state index is 10.1. The van der Waals surface area contributed by atoms with Crippen molar-refractivity contribution in [1.82, 2.24) is 5.32 Å². The van der Waals surface area contributed by atoms with Gasteiger partial charge >= 0.3 is 0 Å². The fourth-order valence-electron chi connectivity index (χ4n) is 0.415. The maximum absolute atomic E-state index is 10.1. The van der Waals surface area contributed by atoms with Crippen LogP contribution in [0.2, 0.25) is 0 Å². The second kappa shape index (κ2) is 1.57. The molecule has 0 aromatic heterocycles. The summed E-state index contributed by atoms with van der Waals surface area (Å²) in [7, 11) is 0.532. The fourth-order valence-corrected chi connectivity index (χ4v) is 1.14. The van der Waals surface area contributed by atoms with E-state index in [1.807, 2.05) is 0 Å². The van der Waals surface area contributed by atoms with Gasteiger partial charge in [0.05, 0.1) is 0 Å². The molecule has 1 fully saturated rings. The largest absolute Gasteiger partial charge is 0.352 e. The summed E-state index contributed by atoms with van der Waals surface area (Å²) < 4.78 is 0. The van der Waals surface area contributed by atoms with E-state index >= 15 is 0 Å². The minimum absolute atomic E-state index is 0.231. The van der Waals surface area contributed by atoms with Crippen molar-refractivity contribution in [2.45, 2.75) is 0 Å². The molecule has 0 aromatic carbocycles. The van der Waals surface area contributed by atoms with E-state index in [1.54, 1.807) is 0 Å². The van der Waals surface area contributed by atoms with Gasteiger partial charge in [0.1, 0.15) is 0 Å². The van der Waals surface area contributed by atoms with E-state index in [9.17, 15) is 4.79 Å². The van der Waals surface area contributed by atoms with Crippen molar-refractivity contribution in [3.63, 3.8) is 0 Å². The summed E-state index contributed by atoms with van der Waals surface area (Å²) in [6.07, 6.45) is 1.05. The zero-order valence-corrected chi connectivity index (χ0v) is 4.32. The molecular formula is C3H6NOP. The van der Waals surface area contributed by atoms with E-state index in [0.29, 0.717) is 8.58 Å². The topological polar surface area (TPSA) is 29.1 Å². The molecule has 0 saturated carbocycles. The lowest BCUT2D eigenvalue weighted by molar-refractivity contribution is 0.262. The third kappa shape index (κ3) is 0.689. The molecule has 1 aliphatic rings. The van der Waals surface area contributed by atoms with Gasteiger partial charge in [-0.05, 0) is 14.7 Å². The molecule has 1 heterocycles. The van der Waals surface area contributed by atoms with Crippen LogP contribution in [0, 0.1) is 0 Å². The lowest BCUT2D eigenvalue weighted by atomic mass is 10.8. The fraction of sp³-hybridized carbons (Fsp3) is 0.667. The van der Waals surface area contributed by atoms with Crippen LogP contribution in [0.4, 0.5) is 4.79 Å². The van der Waals surface area contributed by atoms with Crippen molar-refractivity contribution in [2.24, 2.45) is 0 Å². The summed E-state index contributed by atoms with van der Waals surface area (Å²) in [6.45, 7) is 0.900. The molecule has 2 nitrogen and oxygen atoms in total. The molecular weight excluding hydrogens is 97.0 g/mol. The third-order valence-corrected chi connectivity index (χ3v) is 1.69. The average molecular weight is 103 g/mol. The number of nitrogens with one attached hydrogen (secondary N) is 1. The van der Waals surface area contributed by atoms with Crippen molar-refractivity contribution in [3.8, 4) is 0 Å². The molecule has 1 amide bonds. The van der Waals surface area contributed by atoms with Gasteiger partial charge in [0.25, 0.3) is 0 Å². The first-order valence-corrected chi connectivity index (χ1v) is 3.12. The lowest BCUT2D eigenvalue weighted by Gasteiger charge is -1.79. The summed E-state index contributed by atoms with van der Waals surface area (Å²) >= 11 is 0. The van der Waals surface area contributed by atoms with E-state index in [0.717, 1.165) is 12.7 Å². The molecule has 3 heteroatoms. The van der Waals surface area contributed by atoms with E-state index in [1.165, 1.54) is 0 Å². The highest BCUT2D eigenvalue weighted by Gasteiger charge is 2.05. The predicted octanol–water partition coefficient (Wildman–Crippen LogP) is 0.388. The molecule has 1 atom stereocenters. The Balaban J connectivity index is 2.37. The van der Waals surface area contributed by atoms with Crippen LogP contribution in [0.15, 0.2) is 0 Å². The number of carbonyl (C=O) groups is 1. The molecule has 6 heavy (non-hydrogen) atoms. The highest BCUT2D eigenvalue weighted by molar-refractivity contribution is 7.58. The van der Waals surface area contributed by atoms with Crippen LogP contribution in [0.25, 0.3) is 0 Å². The summed E-state index contributed by atoms with van der Waals surface area (Å²) in [5, 5.41) is 2.69. The second-order valence-corrected chi connectivity index (χ2v) is 2.49. The molecule has 34 valence electrons. The Morgan fingerprint density at radius 1 is 1.83 bits per heavy atom. The van der Waals surface area contributed by atoms with Gasteiger partial charge in [-0.3, -0.25) is 4.79 Å². The van der Waals surface area contributed by atoms with Gasteiger partial charge in [0.15, 0.2) is 0 Å². The Bertz CT molecular complexity index is 65.2. The zero-order valence-electron chi connectivity index (χ0n) is 3.32. The summed E-state index contributed by atoms with van der Waals surface area (Å²) in [5.74, 6) is 0. The van der Waals surface area contributed by atoms with Crippen LogP contribution in [0.3, 0.4) is 0 Å². The lowest BCUT2D eigenvalue weighted by Crippen LogP contribution is -2.09. The first kappa shape index (κ1) is 4.07. The molecule has 0 aliphatic carbocycles. The normalized spacial score (nSPS) is 25.0. The van der Waals surface area contributed by atoms with E-state index in [2.05, 4.69) is 5.32 Å². The van der Waals surface area contributed by atoms with Crippen LogP contribution in [0.5, 0.6) is 0 Å². The van der Waals surface area contributed by atoms with Crippen molar-refractivity contribution in [1.29, 1.82) is 0 Å². The smallest absolute Gasteiger partial charge is 0.237 e. The van der Waals surface area contributed by atoms with E-state index < -0.39 is 0 Å². The Kier molecular flexibility index (Phi) is 1.06. The van der Waals surface area contributed by atoms with Gasteiger partial charge in [0.2, 0.25) is 5.65 Å². The number of hydrogen-bond acceptors (Lipinski definition) is 1. The van der Waals surface area contributed by atoms with E-state index in [4.69, 9.17) is 0 Å². The Morgan fingerprint density at radius 3 is 2.83 bits per heavy atom. The number of hydrogen-bond donors (Lipinski definition) is 1. The van der Waals surface area contributed by atoms with E-state index in [-0.39, 0.29) is 5.65 Å². The molecule has 0 radical (unpaired) electrons. The second-order valence-electron chi connectivity index (χ2n) is 1.18. The monoisotopic (exact) mass is 103 g/mol. The minimum atomic E-state index is 0.231. The van der Waals surface area contributed by atoms with Crippen molar-refractivity contribution >= 4 is 14.2 Å². The predicted molar refractivity (Wildman–Crippen MR) is 26.6 cm³/mol. The zero-order chi connectivity index (χ0) is 4.41. The summed E-state index contributed by atoms with van der Waals surface area (Å²) in [6, 6.07) is 0. The van der Waals surface area contributed by atoms with Crippen LogP contribution in [-0.4, -0.2) is 18.4 Å². The van der Waals surface area contributed by atoms with Gasteiger partial charge in [-0.25, -0.2) is 0 Å². The van der Waals surface area contributed by atoms with Crippen molar-refractivity contribution < 1.29 is 4.79 Å². The van der Waals surface area contributed by atoms with Crippen LogP contribution in [-0.2, 0) is 0 Å². The molecule has 1 aliphatic heterocycles. The van der Waals surface area contributed by atoms with Gasteiger partial charge < -0.3 is 5.32 Å². The molecule has 1 rings (SSSR count). The van der Waals surface area contributed by atoms with Gasteiger partial charge in [0, 0.05) is 6.54 Å². The highest BCUT2D eigenvalue weighted by Crippen LogP contribution is 2.13. The maximum Gasteiger partial charge on any atom is 0.237 e. The Morgan fingerprint density at radius 2 is 2.67 bits per heavy atom. The van der Waals surface area contributed by atoms with Crippen molar-refractivity contribution in [2.75, 3.05) is 12.7 Å². The Hall–Kier alpha value is -0.100. The number of rotatable bonds is 0. The van der Waals surface area contributed by atoms with Crippen LogP contribution in [0.1, 0.15) is 0 Å². The van der Waals surface area contributed by atoms with Crippen molar-refractivity contribution in [3.05, 3.63) is 0 Å². The third-order valence-electron chi connectivity index (χ3n) is 0.696. The van der Waals surface area contributed by atoms with Crippen LogP contribution >= 0.6 is 8.58 Å². The number of carbonyl (C=O) groups excluding carboxylic acids is 1. The first-order valence-electron chi connectivity index (χ1n) is 1.91. The summed E-state index contributed by atoms with van der Waals surface area (Å²) in [5.41, 5.74) is 0.231. The standard InChI is InChI=1S/C3H6NOP/c5-3-4-1-2-6-3/h6H,1-2H2,(H,4,5). The first-order chi connectivity index (χ1) is 2.89. The highest BCUT2D eigenvalue weighted by atomic mass is 31.1. The van der Waals surface area contributed by atoms with Crippen LogP contribution < -0.4 is 5.32 Å². The SMILES string of the molecule is O=C1NCCP1. The van der Waals surface area contributed by atoms with Gasteiger partial charge in [-0.15, -0.1) is 0 Å². The van der Waals surface area contributed by atoms with Gasteiger partial charge in [-0.1, -0.05) is 0 Å². The molecule has 0 spiro atoms. The minimum Gasteiger partial charge on any atom is -0.352 e. The molecule has 1 unspecified atom stereocenters. The molecule has 1 saturated heterocycles. The average Bonchev–Trinajstić information content (AvgIpc) is 1.86. The summed E-state index contributed by atoms with van der Waals surface area (Å²) in [4.78, 5) is 10.1. The van der Waals surface area contributed by atoms with Gasteiger partial charge in [-0.2, -0.15) is 0 Å². The Labute approximate surface area is 38.1 Å². The molecule has 0 aromatic rings. The quantitative estimate of drug-likeness (QED) is 0.441. The number of amides is 1. The molecule has 0 bridgehead atoms.